The zero-order chi connectivity index (χ0) is 17.5. The molecule has 0 bridgehead atoms. The van der Waals surface area contributed by atoms with Crippen molar-refractivity contribution in [1.82, 2.24) is 5.01 Å². The van der Waals surface area contributed by atoms with Gasteiger partial charge in [-0.05, 0) is 29.1 Å². The molecule has 1 amide bonds. The van der Waals surface area contributed by atoms with E-state index in [4.69, 9.17) is 11.6 Å². The second-order valence-corrected chi connectivity index (χ2v) is 6.52. The zero-order valence-corrected chi connectivity index (χ0v) is 13.5. The molecule has 126 valence electrons. The number of thiophene rings is 1. The molecular formula is C15H10ClF3N2O2S. The average molecular weight is 375 g/mol. The van der Waals surface area contributed by atoms with Gasteiger partial charge in [-0.2, -0.15) is 23.3 Å². The summed E-state index contributed by atoms with van der Waals surface area (Å²) >= 11 is 6.73. The Kier molecular flexibility index (Phi) is 4.15. The van der Waals surface area contributed by atoms with Crippen LogP contribution in [-0.2, 0) is 0 Å². The van der Waals surface area contributed by atoms with Crippen LogP contribution < -0.4 is 0 Å². The fraction of sp³-hybridized carbons (Fsp3) is 0.200. The van der Waals surface area contributed by atoms with Gasteiger partial charge in [0.15, 0.2) is 0 Å². The number of benzene rings is 1. The molecule has 0 aliphatic carbocycles. The highest BCUT2D eigenvalue weighted by Gasteiger charge is 2.63. The molecule has 2 heterocycles. The first-order valence-corrected chi connectivity index (χ1v) is 7.99. The van der Waals surface area contributed by atoms with Crippen LogP contribution in [-0.4, -0.2) is 33.6 Å². The quantitative estimate of drug-likeness (QED) is 0.866. The van der Waals surface area contributed by atoms with Crippen LogP contribution in [0.25, 0.3) is 0 Å². The minimum atomic E-state index is -5.06. The number of hydrogen-bond donors (Lipinski definition) is 1. The number of aliphatic hydroxyl groups is 1. The van der Waals surface area contributed by atoms with Gasteiger partial charge in [-0.15, -0.1) is 11.3 Å². The molecule has 1 N–H and O–H groups in total. The lowest BCUT2D eigenvalue weighted by Gasteiger charge is -2.32. The fourth-order valence-corrected chi connectivity index (χ4v) is 3.06. The van der Waals surface area contributed by atoms with Crippen molar-refractivity contribution in [2.24, 2.45) is 5.10 Å². The number of hydrogen-bond acceptors (Lipinski definition) is 4. The number of hydrazone groups is 1. The Labute approximate surface area is 143 Å². The normalized spacial score (nSPS) is 21.0. The molecule has 0 spiro atoms. The van der Waals surface area contributed by atoms with Crippen LogP contribution >= 0.6 is 22.9 Å². The summed E-state index contributed by atoms with van der Waals surface area (Å²) in [6, 6.07) is 8.86. The van der Waals surface area contributed by atoms with Gasteiger partial charge in [-0.25, -0.2) is 0 Å². The van der Waals surface area contributed by atoms with Crippen molar-refractivity contribution in [1.29, 1.82) is 0 Å². The van der Waals surface area contributed by atoms with Crippen molar-refractivity contribution in [3.63, 3.8) is 0 Å². The number of halogens is 4. The Morgan fingerprint density at radius 3 is 2.50 bits per heavy atom. The Bertz CT molecular complexity index is 790. The first-order chi connectivity index (χ1) is 11.2. The fourth-order valence-electron chi connectivity index (χ4n) is 2.29. The summed E-state index contributed by atoms with van der Waals surface area (Å²) in [5.41, 5.74) is -3.08. The number of alkyl halides is 3. The third-order valence-corrected chi connectivity index (χ3v) is 4.65. The van der Waals surface area contributed by atoms with Gasteiger partial charge in [0.25, 0.3) is 11.6 Å². The third kappa shape index (κ3) is 2.81. The van der Waals surface area contributed by atoms with E-state index in [-0.39, 0.29) is 15.6 Å². The Morgan fingerprint density at radius 1 is 1.29 bits per heavy atom. The van der Waals surface area contributed by atoms with Crippen LogP contribution in [0.1, 0.15) is 21.7 Å². The zero-order valence-electron chi connectivity index (χ0n) is 11.9. The van der Waals surface area contributed by atoms with E-state index in [1.807, 2.05) is 0 Å². The van der Waals surface area contributed by atoms with E-state index in [0.29, 0.717) is 10.6 Å². The molecular weight excluding hydrogens is 365 g/mol. The number of carbonyl (C=O) groups excluding carboxylic acids is 1. The monoisotopic (exact) mass is 374 g/mol. The maximum atomic E-state index is 13.4. The molecule has 1 atom stereocenters. The second-order valence-electron chi connectivity index (χ2n) is 5.14. The number of carbonyl (C=O) groups is 1. The molecule has 0 saturated carbocycles. The molecule has 3 rings (SSSR count). The summed E-state index contributed by atoms with van der Waals surface area (Å²) in [6.45, 7) is 0. The lowest BCUT2D eigenvalue weighted by atomic mass is 10.0. The highest BCUT2D eigenvalue weighted by Crippen LogP contribution is 2.42. The first kappa shape index (κ1) is 16.9. The lowest BCUT2D eigenvalue weighted by molar-refractivity contribution is -0.297. The largest absolute Gasteiger partial charge is 0.438 e. The van der Waals surface area contributed by atoms with Crippen molar-refractivity contribution < 1.29 is 23.1 Å². The van der Waals surface area contributed by atoms with Crippen LogP contribution in [0.2, 0.25) is 5.02 Å². The van der Waals surface area contributed by atoms with Gasteiger partial charge in [0.05, 0.1) is 17.0 Å². The Morgan fingerprint density at radius 2 is 1.96 bits per heavy atom. The summed E-state index contributed by atoms with van der Waals surface area (Å²) in [5.74, 6) is -1.01. The van der Waals surface area contributed by atoms with Crippen molar-refractivity contribution in [3.8, 4) is 0 Å². The topological polar surface area (TPSA) is 52.9 Å². The lowest BCUT2D eigenvalue weighted by Crippen LogP contribution is -2.56. The maximum Gasteiger partial charge on any atom is 0.438 e. The SMILES string of the molecule is O=C(c1cccs1)N1N=C(c2ccc(Cl)cc2)CC1(O)C(F)(F)F. The molecule has 0 saturated heterocycles. The van der Waals surface area contributed by atoms with Gasteiger partial charge in [0, 0.05) is 5.02 Å². The Hall–Kier alpha value is -1.90. The van der Waals surface area contributed by atoms with Crippen LogP contribution in [0.15, 0.2) is 46.9 Å². The van der Waals surface area contributed by atoms with Gasteiger partial charge in [-0.1, -0.05) is 29.8 Å². The molecule has 0 radical (unpaired) electrons. The van der Waals surface area contributed by atoms with Gasteiger partial charge in [0.2, 0.25) is 0 Å². The van der Waals surface area contributed by atoms with E-state index in [1.165, 1.54) is 36.4 Å². The van der Waals surface area contributed by atoms with Gasteiger partial charge >= 0.3 is 6.18 Å². The highest BCUT2D eigenvalue weighted by atomic mass is 35.5. The molecule has 1 aliphatic rings. The van der Waals surface area contributed by atoms with Crippen LogP contribution in [0.4, 0.5) is 13.2 Å². The minimum Gasteiger partial charge on any atom is -0.362 e. The summed E-state index contributed by atoms with van der Waals surface area (Å²) in [4.78, 5) is 12.4. The molecule has 9 heteroatoms. The van der Waals surface area contributed by atoms with Crippen LogP contribution in [0.3, 0.4) is 0 Å². The summed E-state index contributed by atoms with van der Waals surface area (Å²) in [6.07, 6.45) is -5.91. The van der Waals surface area contributed by atoms with E-state index in [9.17, 15) is 23.1 Å². The van der Waals surface area contributed by atoms with Crippen molar-refractivity contribution in [3.05, 3.63) is 57.2 Å². The summed E-state index contributed by atoms with van der Waals surface area (Å²) < 4.78 is 40.2. The van der Waals surface area contributed by atoms with E-state index >= 15 is 0 Å². The first-order valence-electron chi connectivity index (χ1n) is 6.73. The summed E-state index contributed by atoms with van der Waals surface area (Å²) in [7, 11) is 0. The van der Waals surface area contributed by atoms with Crippen molar-refractivity contribution >= 4 is 34.6 Å². The second kappa shape index (κ2) is 5.87. The molecule has 0 fully saturated rings. The van der Waals surface area contributed by atoms with Crippen LogP contribution in [0, 0.1) is 0 Å². The molecule has 24 heavy (non-hydrogen) atoms. The molecule has 2 aromatic rings. The Balaban J connectivity index is 2.03. The molecule has 1 aromatic heterocycles. The van der Waals surface area contributed by atoms with E-state index in [1.54, 1.807) is 5.38 Å². The maximum absolute atomic E-state index is 13.4. The third-order valence-electron chi connectivity index (χ3n) is 3.54. The number of nitrogens with zero attached hydrogens (tertiary/aromatic N) is 2. The minimum absolute atomic E-state index is 0.0450. The van der Waals surface area contributed by atoms with Crippen molar-refractivity contribution in [2.45, 2.75) is 18.3 Å². The molecule has 1 aliphatic heterocycles. The van der Waals surface area contributed by atoms with E-state index in [2.05, 4.69) is 5.10 Å². The smallest absolute Gasteiger partial charge is 0.362 e. The van der Waals surface area contributed by atoms with Crippen LogP contribution in [0.5, 0.6) is 0 Å². The average Bonchev–Trinajstić information content (AvgIpc) is 3.15. The highest BCUT2D eigenvalue weighted by molar-refractivity contribution is 7.12. The predicted molar refractivity (Wildman–Crippen MR) is 84.1 cm³/mol. The van der Waals surface area contributed by atoms with Gasteiger partial charge in [-0.3, -0.25) is 4.79 Å². The van der Waals surface area contributed by atoms with Gasteiger partial charge < -0.3 is 5.11 Å². The van der Waals surface area contributed by atoms with Gasteiger partial charge in [0.1, 0.15) is 0 Å². The molecule has 4 nitrogen and oxygen atoms in total. The summed E-state index contributed by atoms with van der Waals surface area (Å²) in [5, 5.41) is 16.0. The number of rotatable bonds is 2. The molecule has 1 unspecified atom stereocenters. The van der Waals surface area contributed by atoms with E-state index in [0.717, 1.165) is 11.3 Å². The van der Waals surface area contributed by atoms with E-state index < -0.39 is 24.2 Å². The predicted octanol–water partition coefficient (Wildman–Crippen LogP) is 3.90. The number of amides is 1. The molecule has 1 aromatic carbocycles. The van der Waals surface area contributed by atoms with Crippen molar-refractivity contribution in [2.75, 3.05) is 0 Å². The standard InChI is InChI=1S/C15H10ClF3N2O2S/c16-10-5-3-9(4-6-10)11-8-14(23,15(17,18)19)21(20-11)13(22)12-2-1-7-24-12/h1-7,23H,8H2.